The zero-order chi connectivity index (χ0) is 34.0. The third-order valence-electron chi connectivity index (χ3n) is 8.22. The van der Waals surface area contributed by atoms with Crippen LogP contribution >= 0.6 is 0 Å². The Hall–Kier alpha value is -1.70. The molecule has 46 heavy (non-hydrogen) atoms. The summed E-state index contributed by atoms with van der Waals surface area (Å²) in [4.78, 5) is 12.4. The SMILES string of the molecule is CC/C=C/CC/C=C/CC/C=C/C(O)C(CS(=O)(=O)O)NC(=O)CCCCCCCCCCC/C=C\CCCCCCCCCC. The molecule has 2 unspecified atom stereocenters. The molecule has 0 aliphatic heterocycles. The summed E-state index contributed by atoms with van der Waals surface area (Å²) in [5, 5.41) is 13.1. The van der Waals surface area contributed by atoms with Crippen molar-refractivity contribution in [2.75, 3.05) is 5.75 Å². The molecule has 0 radical (unpaired) electrons. The minimum absolute atomic E-state index is 0.281. The molecule has 6 nitrogen and oxygen atoms in total. The fourth-order valence-electron chi connectivity index (χ4n) is 5.42. The van der Waals surface area contributed by atoms with E-state index >= 15 is 0 Å². The van der Waals surface area contributed by atoms with Gasteiger partial charge in [0.15, 0.2) is 0 Å². The zero-order valence-corrected chi connectivity index (χ0v) is 30.5. The van der Waals surface area contributed by atoms with Gasteiger partial charge in [0, 0.05) is 6.42 Å². The van der Waals surface area contributed by atoms with Crippen molar-refractivity contribution in [2.24, 2.45) is 0 Å². The van der Waals surface area contributed by atoms with E-state index < -0.39 is 28.0 Å². The predicted octanol–water partition coefficient (Wildman–Crippen LogP) is 10.7. The number of amides is 1. The second kappa shape index (κ2) is 33.2. The van der Waals surface area contributed by atoms with Gasteiger partial charge in [-0.2, -0.15) is 8.42 Å². The maximum atomic E-state index is 12.4. The van der Waals surface area contributed by atoms with Crippen molar-refractivity contribution in [3.05, 3.63) is 48.6 Å². The van der Waals surface area contributed by atoms with E-state index in [1.54, 1.807) is 6.08 Å². The van der Waals surface area contributed by atoms with Gasteiger partial charge < -0.3 is 10.4 Å². The largest absolute Gasteiger partial charge is 0.387 e. The number of nitrogens with one attached hydrogen (secondary N) is 1. The van der Waals surface area contributed by atoms with Gasteiger partial charge in [-0.25, -0.2) is 0 Å². The molecule has 1 amide bonds. The minimum atomic E-state index is -4.35. The normalized spacial score (nSPS) is 13.9. The number of unbranched alkanes of at least 4 members (excludes halogenated alkanes) is 19. The van der Waals surface area contributed by atoms with Crippen molar-refractivity contribution in [1.29, 1.82) is 0 Å². The van der Waals surface area contributed by atoms with Gasteiger partial charge in [0.05, 0.1) is 17.9 Å². The topological polar surface area (TPSA) is 104 Å². The van der Waals surface area contributed by atoms with Crippen LogP contribution in [0.15, 0.2) is 48.6 Å². The van der Waals surface area contributed by atoms with Gasteiger partial charge in [-0.15, -0.1) is 0 Å². The second-order valence-electron chi connectivity index (χ2n) is 12.8. The van der Waals surface area contributed by atoms with Crippen molar-refractivity contribution in [1.82, 2.24) is 5.32 Å². The molecule has 0 bridgehead atoms. The van der Waals surface area contributed by atoms with Gasteiger partial charge in [0.2, 0.25) is 5.91 Å². The van der Waals surface area contributed by atoms with E-state index in [-0.39, 0.29) is 12.3 Å². The third kappa shape index (κ3) is 33.7. The first kappa shape index (κ1) is 44.3. The Morgan fingerprint density at radius 3 is 1.48 bits per heavy atom. The molecule has 3 N–H and O–H groups in total. The Bertz CT molecular complexity index is 909. The molecular formula is C39H71NO5S. The Morgan fingerprint density at radius 2 is 1.00 bits per heavy atom. The van der Waals surface area contributed by atoms with Crippen LogP contribution in [0.25, 0.3) is 0 Å². The monoisotopic (exact) mass is 666 g/mol. The first-order valence-corrected chi connectivity index (χ1v) is 20.4. The highest BCUT2D eigenvalue weighted by Crippen LogP contribution is 2.13. The molecule has 268 valence electrons. The second-order valence-corrected chi connectivity index (χ2v) is 14.3. The van der Waals surface area contributed by atoms with Gasteiger partial charge in [0.25, 0.3) is 10.1 Å². The summed E-state index contributed by atoms with van der Waals surface area (Å²) in [7, 11) is -4.35. The number of carbonyl (C=O) groups is 1. The standard InChI is InChI=1S/C39H71NO5S/c1-3-5-7-9-11-13-15-16-17-18-19-20-21-22-23-24-25-27-29-31-33-35-39(42)40-37(36-46(43,44)45)38(41)34-32-30-28-26-14-12-10-8-6-4-2/h6,8,14,18-19,26,32,34,37-38,41H,3-5,7,9-13,15-17,20-25,27-31,33,35-36H2,1-2H3,(H,40,42)(H,43,44,45)/b8-6+,19-18-,26-14+,34-32+. The van der Waals surface area contributed by atoms with Crippen LogP contribution in [0.2, 0.25) is 0 Å². The molecule has 0 aliphatic carbocycles. The predicted molar refractivity (Wildman–Crippen MR) is 198 cm³/mol. The van der Waals surface area contributed by atoms with Crippen LogP contribution in [-0.4, -0.2) is 41.9 Å². The number of aliphatic hydroxyl groups excluding tert-OH is 1. The summed E-state index contributed by atoms with van der Waals surface area (Å²) < 4.78 is 32.3. The Labute approximate surface area is 284 Å². The summed E-state index contributed by atoms with van der Waals surface area (Å²) >= 11 is 0. The van der Waals surface area contributed by atoms with Crippen LogP contribution in [-0.2, 0) is 14.9 Å². The van der Waals surface area contributed by atoms with Crippen LogP contribution < -0.4 is 5.32 Å². The number of allylic oxidation sites excluding steroid dienone is 7. The lowest BCUT2D eigenvalue weighted by Crippen LogP contribution is -2.46. The number of aliphatic hydroxyl groups is 1. The molecule has 7 heteroatoms. The Morgan fingerprint density at radius 1 is 0.587 bits per heavy atom. The number of hydrogen-bond donors (Lipinski definition) is 3. The van der Waals surface area contributed by atoms with E-state index in [0.29, 0.717) is 6.42 Å². The summed E-state index contributed by atoms with van der Waals surface area (Å²) in [6.07, 6.45) is 44.0. The molecule has 0 aromatic rings. The van der Waals surface area contributed by atoms with Gasteiger partial charge in [-0.1, -0.05) is 152 Å². The molecule has 0 aromatic carbocycles. The minimum Gasteiger partial charge on any atom is -0.387 e. The third-order valence-corrected chi connectivity index (χ3v) is 9.00. The van der Waals surface area contributed by atoms with Crippen LogP contribution in [0.1, 0.15) is 174 Å². The quantitative estimate of drug-likeness (QED) is 0.0368. The van der Waals surface area contributed by atoms with Gasteiger partial charge in [-0.3, -0.25) is 9.35 Å². The van der Waals surface area contributed by atoms with Crippen LogP contribution in [0, 0.1) is 0 Å². The van der Waals surface area contributed by atoms with Gasteiger partial charge in [-0.05, 0) is 64.2 Å². The van der Waals surface area contributed by atoms with Crippen LogP contribution in [0.3, 0.4) is 0 Å². The van der Waals surface area contributed by atoms with E-state index in [1.165, 1.54) is 109 Å². The van der Waals surface area contributed by atoms with E-state index in [4.69, 9.17) is 0 Å². The van der Waals surface area contributed by atoms with Crippen LogP contribution in [0.4, 0.5) is 0 Å². The van der Waals surface area contributed by atoms with Gasteiger partial charge in [0.1, 0.15) is 0 Å². The summed E-state index contributed by atoms with van der Waals surface area (Å²) in [5.41, 5.74) is 0. The van der Waals surface area contributed by atoms with Crippen molar-refractivity contribution in [3.8, 4) is 0 Å². The highest BCUT2D eigenvalue weighted by atomic mass is 32.2. The van der Waals surface area contributed by atoms with Crippen molar-refractivity contribution in [2.45, 2.75) is 187 Å². The molecular weight excluding hydrogens is 594 g/mol. The fourth-order valence-corrected chi connectivity index (χ4v) is 6.16. The van der Waals surface area contributed by atoms with E-state index in [2.05, 4.69) is 55.6 Å². The number of carbonyl (C=O) groups excluding carboxylic acids is 1. The van der Waals surface area contributed by atoms with E-state index in [9.17, 15) is 22.9 Å². The van der Waals surface area contributed by atoms with Crippen molar-refractivity contribution < 1.29 is 22.9 Å². The maximum absolute atomic E-state index is 12.4. The summed E-state index contributed by atoms with van der Waals surface area (Å²) in [5.74, 6) is -1.02. The highest BCUT2D eigenvalue weighted by Gasteiger charge is 2.24. The molecule has 0 heterocycles. The maximum Gasteiger partial charge on any atom is 0.267 e. The molecule has 0 saturated carbocycles. The highest BCUT2D eigenvalue weighted by molar-refractivity contribution is 7.85. The first-order chi connectivity index (χ1) is 22.3. The Kier molecular flexibility index (Phi) is 32.0. The molecule has 0 saturated heterocycles. The lowest BCUT2D eigenvalue weighted by Gasteiger charge is -2.21. The summed E-state index contributed by atoms with van der Waals surface area (Å²) in [6, 6.07) is -1.08. The molecule has 0 spiro atoms. The average Bonchev–Trinajstić information content (AvgIpc) is 3.01. The lowest BCUT2D eigenvalue weighted by atomic mass is 10.0. The van der Waals surface area contributed by atoms with E-state index in [1.807, 2.05) is 0 Å². The summed E-state index contributed by atoms with van der Waals surface area (Å²) in [6.45, 7) is 4.38. The smallest absolute Gasteiger partial charge is 0.267 e. The van der Waals surface area contributed by atoms with Crippen molar-refractivity contribution in [3.63, 3.8) is 0 Å². The Balaban J connectivity index is 3.90. The number of hydrogen-bond acceptors (Lipinski definition) is 4. The van der Waals surface area contributed by atoms with Crippen molar-refractivity contribution >= 4 is 16.0 Å². The van der Waals surface area contributed by atoms with Gasteiger partial charge >= 0.3 is 0 Å². The molecule has 0 fully saturated rings. The zero-order valence-electron chi connectivity index (χ0n) is 29.7. The van der Waals surface area contributed by atoms with E-state index in [0.717, 1.165) is 44.9 Å². The average molecular weight is 666 g/mol. The molecule has 0 rings (SSSR count). The first-order valence-electron chi connectivity index (χ1n) is 18.8. The molecule has 0 aromatic heterocycles. The lowest BCUT2D eigenvalue weighted by molar-refractivity contribution is -0.122. The molecule has 0 aliphatic rings. The number of rotatable bonds is 33. The van der Waals surface area contributed by atoms with Crippen LogP contribution in [0.5, 0.6) is 0 Å². The molecule has 2 atom stereocenters. The fraction of sp³-hybridized carbons (Fsp3) is 0.769.